The maximum absolute atomic E-state index is 11.7. The molecule has 0 aromatic heterocycles. The highest BCUT2D eigenvalue weighted by atomic mass is 16.4. The number of aliphatic hydroxyl groups excluding tert-OH is 1. The number of carboxylic acids is 1. The number of benzene rings is 3. The van der Waals surface area contributed by atoms with E-state index in [1.807, 2.05) is 91.0 Å². The molecule has 0 spiro atoms. The Hall–Kier alpha value is -2.95. The van der Waals surface area contributed by atoms with Crippen molar-refractivity contribution >= 4 is 5.97 Å². The fourth-order valence-electron chi connectivity index (χ4n) is 3.39. The van der Waals surface area contributed by atoms with Crippen molar-refractivity contribution in [1.82, 2.24) is 4.90 Å². The molecule has 0 heterocycles. The van der Waals surface area contributed by atoms with Crippen LogP contribution >= 0.6 is 0 Å². The summed E-state index contributed by atoms with van der Waals surface area (Å²) in [7, 11) is 0. The minimum Gasteiger partial charge on any atom is -0.479 e. The summed E-state index contributed by atoms with van der Waals surface area (Å²) in [5, 5.41) is 20.1. The SMILES string of the molecule is O=C(O)[C@@H](O)C(Cc1ccccc1)N(Cc1ccccc1)Cc1ccccc1. The van der Waals surface area contributed by atoms with Gasteiger partial charge in [-0.05, 0) is 23.1 Å². The Labute approximate surface area is 165 Å². The van der Waals surface area contributed by atoms with Crippen LogP contribution in [0.4, 0.5) is 0 Å². The first-order chi connectivity index (χ1) is 13.6. The predicted molar refractivity (Wildman–Crippen MR) is 110 cm³/mol. The molecule has 28 heavy (non-hydrogen) atoms. The van der Waals surface area contributed by atoms with E-state index in [4.69, 9.17) is 0 Å². The monoisotopic (exact) mass is 375 g/mol. The largest absolute Gasteiger partial charge is 0.479 e. The van der Waals surface area contributed by atoms with Crippen molar-refractivity contribution in [2.24, 2.45) is 0 Å². The van der Waals surface area contributed by atoms with E-state index in [9.17, 15) is 15.0 Å². The number of hydrogen-bond acceptors (Lipinski definition) is 3. The number of rotatable bonds is 9. The molecule has 4 nitrogen and oxygen atoms in total. The number of aliphatic carboxylic acids is 1. The van der Waals surface area contributed by atoms with Crippen LogP contribution in [0, 0.1) is 0 Å². The Bertz CT molecular complexity index is 811. The van der Waals surface area contributed by atoms with Crippen LogP contribution in [0.2, 0.25) is 0 Å². The van der Waals surface area contributed by atoms with Gasteiger partial charge in [-0.2, -0.15) is 0 Å². The van der Waals surface area contributed by atoms with Gasteiger partial charge in [-0.1, -0.05) is 91.0 Å². The molecule has 144 valence electrons. The maximum atomic E-state index is 11.7. The number of carbonyl (C=O) groups is 1. The first kappa shape index (κ1) is 19.8. The summed E-state index contributed by atoms with van der Waals surface area (Å²) < 4.78 is 0. The molecule has 0 aliphatic carbocycles. The molecule has 2 N–H and O–H groups in total. The van der Waals surface area contributed by atoms with E-state index in [2.05, 4.69) is 4.90 Å². The van der Waals surface area contributed by atoms with Crippen LogP contribution in [0.5, 0.6) is 0 Å². The fraction of sp³-hybridized carbons (Fsp3) is 0.208. The molecule has 0 radical (unpaired) electrons. The summed E-state index contributed by atoms with van der Waals surface area (Å²) in [5.74, 6) is -1.20. The number of carboxylic acid groups (broad SMARTS) is 1. The highest BCUT2D eigenvalue weighted by Gasteiger charge is 2.31. The van der Waals surface area contributed by atoms with Crippen molar-refractivity contribution in [2.45, 2.75) is 31.7 Å². The molecule has 3 aromatic carbocycles. The summed E-state index contributed by atoms with van der Waals surface area (Å²) in [4.78, 5) is 13.7. The van der Waals surface area contributed by atoms with Crippen molar-refractivity contribution in [1.29, 1.82) is 0 Å². The van der Waals surface area contributed by atoms with Gasteiger partial charge in [0.05, 0.1) is 6.04 Å². The minimum absolute atomic E-state index is 0.452. The standard InChI is InChI=1S/C24H25NO3/c26-23(24(27)28)22(16-19-10-4-1-5-11-19)25(17-20-12-6-2-7-13-20)18-21-14-8-3-9-15-21/h1-15,22-23,26H,16-18H2,(H,27,28)/t22?,23-/m0/s1. The van der Waals surface area contributed by atoms with E-state index < -0.39 is 18.1 Å². The second-order valence-corrected chi connectivity index (χ2v) is 6.92. The second kappa shape index (κ2) is 9.83. The molecule has 0 aliphatic rings. The van der Waals surface area contributed by atoms with Gasteiger partial charge in [0.15, 0.2) is 6.10 Å². The van der Waals surface area contributed by atoms with Crippen molar-refractivity contribution < 1.29 is 15.0 Å². The topological polar surface area (TPSA) is 60.8 Å². The zero-order valence-corrected chi connectivity index (χ0v) is 15.7. The molecule has 0 fully saturated rings. The van der Waals surface area contributed by atoms with Crippen LogP contribution in [-0.4, -0.2) is 33.2 Å². The smallest absolute Gasteiger partial charge is 0.334 e. The van der Waals surface area contributed by atoms with Crippen LogP contribution in [0.15, 0.2) is 91.0 Å². The molecule has 0 saturated heterocycles. The van der Waals surface area contributed by atoms with E-state index in [1.165, 1.54) is 0 Å². The number of nitrogens with zero attached hydrogens (tertiary/aromatic N) is 1. The number of aliphatic hydroxyl groups is 1. The summed E-state index contributed by atoms with van der Waals surface area (Å²) in [6, 6.07) is 29.0. The Kier molecular flexibility index (Phi) is 6.95. The third kappa shape index (κ3) is 5.52. The summed E-state index contributed by atoms with van der Waals surface area (Å²) in [5.41, 5.74) is 3.15. The second-order valence-electron chi connectivity index (χ2n) is 6.92. The average Bonchev–Trinajstić information content (AvgIpc) is 2.73. The lowest BCUT2D eigenvalue weighted by atomic mass is 9.98. The Balaban J connectivity index is 1.92. The van der Waals surface area contributed by atoms with Crippen LogP contribution in [0.25, 0.3) is 0 Å². The van der Waals surface area contributed by atoms with E-state index in [1.54, 1.807) is 0 Å². The molecule has 2 atom stereocenters. The van der Waals surface area contributed by atoms with Gasteiger partial charge in [0, 0.05) is 13.1 Å². The van der Waals surface area contributed by atoms with E-state index in [0.717, 1.165) is 16.7 Å². The molecule has 0 saturated carbocycles. The lowest BCUT2D eigenvalue weighted by molar-refractivity contribution is -0.151. The van der Waals surface area contributed by atoms with Gasteiger partial charge >= 0.3 is 5.97 Å². The zero-order valence-electron chi connectivity index (χ0n) is 15.7. The molecule has 0 aliphatic heterocycles. The van der Waals surface area contributed by atoms with Crippen LogP contribution in [0.1, 0.15) is 16.7 Å². The zero-order chi connectivity index (χ0) is 19.8. The van der Waals surface area contributed by atoms with Gasteiger partial charge in [-0.15, -0.1) is 0 Å². The highest BCUT2D eigenvalue weighted by molar-refractivity contribution is 5.73. The van der Waals surface area contributed by atoms with Gasteiger partial charge < -0.3 is 10.2 Å². The summed E-state index contributed by atoms with van der Waals surface area (Å²) in [6.07, 6.45) is -1.03. The molecule has 0 amide bonds. The normalized spacial score (nSPS) is 13.2. The summed E-state index contributed by atoms with van der Waals surface area (Å²) >= 11 is 0. The maximum Gasteiger partial charge on any atom is 0.334 e. The minimum atomic E-state index is -1.48. The van der Waals surface area contributed by atoms with E-state index in [-0.39, 0.29) is 0 Å². The molecule has 3 aromatic rings. The molecule has 1 unspecified atom stereocenters. The Morgan fingerprint density at radius 3 is 1.50 bits per heavy atom. The van der Waals surface area contributed by atoms with Gasteiger partial charge in [0.1, 0.15) is 0 Å². The van der Waals surface area contributed by atoms with Gasteiger partial charge in [-0.25, -0.2) is 4.79 Å². The van der Waals surface area contributed by atoms with Gasteiger partial charge in [0.25, 0.3) is 0 Å². The quantitative estimate of drug-likeness (QED) is 0.598. The first-order valence-electron chi connectivity index (χ1n) is 9.40. The molecule has 0 bridgehead atoms. The average molecular weight is 375 g/mol. The van der Waals surface area contributed by atoms with Gasteiger partial charge in [0.2, 0.25) is 0 Å². The highest BCUT2D eigenvalue weighted by Crippen LogP contribution is 2.19. The number of hydrogen-bond donors (Lipinski definition) is 2. The van der Waals surface area contributed by atoms with Gasteiger partial charge in [-0.3, -0.25) is 4.90 Å². The first-order valence-corrected chi connectivity index (χ1v) is 9.40. The van der Waals surface area contributed by atoms with Crippen molar-refractivity contribution in [3.63, 3.8) is 0 Å². The van der Waals surface area contributed by atoms with Crippen LogP contribution < -0.4 is 0 Å². The lowest BCUT2D eigenvalue weighted by Gasteiger charge is -2.34. The Morgan fingerprint density at radius 2 is 1.11 bits per heavy atom. The molecular formula is C24H25NO3. The lowest BCUT2D eigenvalue weighted by Crippen LogP contribution is -2.47. The van der Waals surface area contributed by atoms with Crippen LogP contribution in [-0.2, 0) is 24.3 Å². The fourth-order valence-corrected chi connectivity index (χ4v) is 3.39. The third-order valence-corrected chi connectivity index (χ3v) is 4.83. The van der Waals surface area contributed by atoms with Crippen molar-refractivity contribution in [3.05, 3.63) is 108 Å². The Morgan fingerprint density at radius 1 is 0.714 bits per heavy atom. The van der Waals surface area contributed by atoms with E-state index >= 15 is 0 Å². The molecule has 4 heteroatoms. The van der Waals surface area contributed by atoms with E-state index in [0.29, 0.717) is 19.5 Å². The summed E-state index contributed by atoms with van der Waals surface area (Å²) in [6.45, 7) is 1.11. The van der Waals surface area contributed by atoms with Crippen LogP contribution in [0.3, 0.4) is 0 Å². The molecule has 3 rings (SSSR count). The predicted octanol–water partition coefficient (Wildman–Crippen LogP) is 3.75. The molecular weight excluding hydrogens is 350 g/mol. The van der Waals surface area contributed by atoms with Crippen molar-refractivity contribution in [2.75, 3.05) is 0 Å². The van der Waals surface area contributed by atoms with Crippen molar-refractivity contribution in [3.8, 4) is 0 Å². The third-order valence-electron chi connectivity index (χ3n) is 4.83.